The molecule has 2 aromatic rings. The van der Waals surface area contributed by atoms with E-state index in [1.807, 2.05) is 35.2 Å². The highest BCUT2D eigenvalue weighted by atomic mass is 16.2. The molecule has 3 rings (SSSR count). The van der Waals surface area contributed by atoms with Crippen LogP contribution in [0.15, 0.2) is 54.9 Å². The van der Waals surface area contributed by atoms with Gasteiger partial charge in [-0.1, -0.05) is 18.2 Å². The van der Waals surface area contributed by atoms with Gasteiger partial charge in [-0.3, -0.25) is 9.59 Å². The van der Waals surface area contributed by atoms with Crippen molar-refractivity contribution in [3.05, 3.63) is 60.4 Å². The number of hydrogen-bond donors (Lipinski definition) is 1. The van der Waals surface area contributed by atoms with Gasteiger partial charge in [-0.05, 0) is 37.1 Å². The molecule has 1 N–H and O–H groups in total. The molecule has 120 valence electrons. The van der Waals surface area contributed by atoms with Crippen molar-refractivity contribution in [1.29, 1.82) is 0 Å². The maximum atomic E-state index is 12.2. The molecule has 1 aromatic carbocycles. The molecule has 1 aromatic heterocycles. The molecule has 2 amide bonds. The monoisotopic (exact) mass is 311 g/mol. The number of amides is 2. The lowest BCUT2D eigenvalue weighted by molar-refractivity contribution is -0.131. The second kappa shape index (κ2) is 7.13. The number of aromatic nitrogens is 1. The summed E-state index contributed by atoms with van der Waals surface area (Å²) >= 11 is 0. The number of nitrogens with zero attached hydrogens (tertiary/aromatic N) is 2. The van der Waals surface area contributed by atoms with Crippen LogP contribution < -0.4 is 5.32 Å². The zero-order valence-corrected chi connectivity index (χ0v) is 13.0. The Balaban J connectivity index is 1.45. The fourth-order valence-electron chi connectivity index (χ4n) is 2.96. The summed E-state index contributed by atoms with van der Waals surface area (Å²) in [5, 5.41) is 2.70. The number of piperidine rings is 1. The molecule has 1 fully saturated rings. The molecule has 5 nitrogen and oxygen atoms in total. The van der Waals surface area contributed by atoms with Gasteiger partial charge in [-0.15, -0.1) is 0 Å². The summed E-state index contributed by atoms with van der Waals surface area (Å²) in [5.41, 5.74) is 0.576. The number of carbonyl (C=O) groups excluding carboxylic acids is 2. The Hall–Kier alpha value is -2.56. The first kappa shape index (κ1) is 15.3. The lowest BCUT2D eigenvalue weighted by Crippen LogP contribution is -2.44. The van der Waals surface area contributed by atoms with E-state index in [0.29, 0.717) is 11.6 Å². The van der Waals surface area contributed by atoms with Crippen molar-refractivity contribution >= 4 is 11.8 Å². The first-order valence-corrected chi connectivity index (χ1v) is 7.97. The Kier molecular flexibility index (Phi) is 4.76. The van der Waals surface area contributed by atoms with Crippen LogP contribution in [-0.4, -0.2) is 40.9 Å². The van der Waals surface area contributed by atoms with Gasteiger partial charge in [0.1, 0.15) is 0 Å². The van der Waals surface area contributed by atoms with Crippen LogP contribution in [0, 0.1) is 0 Å². The Morgan fingerprint density at radius 2 is 1.65 bits per heavy atom. The lowest BCUT2D eigenvalue weighted by atomic mass is 10.0. The Labute approximate surface area is 135 Å². The van der Waals surface area contributed by atoms with Crippen molar-refractivity contribution in [2.45, 2.75) is 18.9 Å². The second-order valence-corrected chi connectivity index (χ2v) is 5.79. The zero-order valence-electron chi connectivity index (χ0n) is 13.0. The van der Waals surface area contributed by atoms with Crippen LogP contribution in [0.4, 0.5) is 0 Å². The SMILES string of the molecule is O=C(NCC(=O)N1CCC(n2cccc2)CC1)c1ccccc1. The maximum absolute atomic E-state index is 12.2. The quantitative estimate of drug-likeness (QED) is 0.940. The van der Waals surface area contributed by atoms with Crippen LogP contribution in [0.2, 0.25) is 0 Å². The minimum absolute atomic E-state index is 0.0137. The number of rotatable bonds is 4. The van der Waals surface area contributed by atoms with E-state index in [0.717, 1.165) is 25.9 Å². The molecular formula is C18H21N3O2. The Morgan fingerprint density at radius 3 is 2.30 bits per heavy atom. The minimum atomic E-state index is -0.207. The largest absolute Gasteiger partial charge is 0.351 e. The van der Waals surface area contributed by atoms with E-state index >= 15 is 0 Å². The third kappa shape index (κ3) is 3.80. The van der Waals surface area contributed by atoms with E-state index in [4.69, 9.17) is 0 Å². The highest BCUT2D eigenvalue weighted by Crippen LogP contribution is 2.22. The summed E-state index contributed by atoms with van der Waals surface area (Å²) in [6, 6.07) is 13.5. The van der Waals surface area contributed by atoms with Crippen LogP contribution in [-0.2, 0) is 4.79 Å². The maximum Gasteiger partial charge on any atom is 0.251 e. The van der Waals surface area contributed by atoms with Crippen molar-refractivity contribution in [1.82, 2.24) is 14.8 Å². The third-order valence-corrected chi connectivity index (χ3v) is 4.30. The number of nitrogens with one attached hydrogen (secondary N) is 1. The van der Waals surface area contributed by atoms with Gasteiger partial charge in [-0.2, -0.15) is 0 Å². The van der Waals surface area contributed by atoms with Gasteiger partial charge in [-0.25, -0.2) is 0 Å². The molecule has 0 spiro atoms. The molecule has 1 aliphatic heterocycles. The van der Waals surface area contributed by atoms with Crippen molar-refractivity contribution in [3.63, 3.8) is 0 Å². The van der Waals surface area contributed by atoms with Gasteiger partial charge in [0, 0.05) is 37.1 Å². The summed E-state index contributed by atoms with van der Waals surface area (Å²) in [7, 11) is 0. The second-order valence-electron chi connectivity index (χ2n) is 5.79. The number of hydrogen-bond acceptors (Lipinski definition) is 2. The highest BCUT2D eigenvalue weighted by Gasteiger charge is 2.23. The molecule has 0 aliphatic carbocycles. The number of carbonyl (C=O) groups is 2. The van der Waals surface area contributed by atoms with Crippen molar-refractivity contribution in [3.8, 4) is 0 Å². The molecule has 0 atom stereocenters. The normalized spacial score (nSPS) is 15.4. The average molecular weight is 311 g/mol. The van der Waals surface area contributed by atoms with E-state index in [9.17, 15) is 9.59 Å². The number of likely N-dealkylation sites (tertiary alicyclic amines) is 1. The van der Waals surface area contributed by atoms with E-state index in [1.54, 1.807) is 12.1 Å². The van der Waals surface area contributed by atoms with Crippen molar-refractivity contribution in [2.75, 3.05) is 19.6 Å². The van der Waals surface area contributed by atoms with E-state index in [2.05, 4.69) is 22.3 Å². The molecule has 1 aliphatic rings. The van der Waals surface area contributed by atoms with E-state index in [-0.39, 0.29) is 18.4 Å². The van der Waals surface area contributed by atoms with Crippen LogP contribution in [0.5, 0.6) is 0 Å². The molecule has 23 heavy (non-hydrogen) atoms. The Morgan fingerprint density at radius 1 is 1.00 bits per heavy atom. The molecule has 1 saturated heterocycles. The van der Waals surface area contributed by atoms with Crippen LogP contribution >= 0.6 is 0 Å². The molecule has 0 saturated carbocycles. The summed E-state index contributed by atoms with van der Waals surface area (Å²) in [5.74, 6) is -0.221. The smallest absolute Gasteiger partial charge is 0.251 e. The topological polar surface area (TPSA) is 54.3 Å². The predicted octanol–water partition coefficient (Wildman–Crippen LogP) is 2.08. The number of benzene rings is 1. The third-order valence-electron chi connectivity index (χ3n) is 4.30. The first-order valence-electron chi connectivity index (χ1n) is 7.97. The van der Waals surface area contributed by atoms with Gasteiger partial charge in [0.25, 0.3) is 5.91 Å². The molecule has 0 radical (unpaired) electrons. The highest BCUT2D eigenvalue weighted by molar-refractivity contribution is 5.96. The molecule has 2 heterocycles. The van der Waals surface area contributed by atoms with Gasteiger partial charge in [0.05, 0.1) is 6.54 Å². The summed E-state index contributed by atoms with van der Waals surface area (Å²) < 4.78 is 2.21. The molecular weight excluding hydrogens is 290 g/mol. The van der Waals surface area contributed by atoms with Gasteiger partial charge in [0.15, 0.2) is 0 Å². The lowest BCUT2D eigenvalue weighted by Gasteiger charge is -2.32. The van der Waals surface area contributed by atoms with Gasteiger partial charge in [0.2, 0.25) is 5.91 Å². The minimum Gasteiger partial charge on any atom is -0.351 e. The van der Waals surface area contributed by atoms with Gasteiger partial charge >= 0.3 is 0 Å². The molecule has 0 bridgehead atoms. The summed E-state index contributed by atoms with van der Waals surface area (Å²) in [6.07, 6.45) is 6.05. The fraction of sp³-hybridized carbons (Fsp3) is 0.333. The van der Waals surface area contributed by atoms with E-state index < -0.39 is 0 Å². The van der Waals surface area contributed by atoms with Crippen LogP contribution in [0.3, 0.4) is 0 Å². The van der Waals surface area contributed by atoms with Crippen LogP contribution in [0.1, 0.15) is 29.2 Å². The van der Waals surface area contributed by atoms with Crippen molar-refractivity contribution < 1.29 is 9.59 Å². The fourth-order valence-corrected chi connectivity index (χ4v) is 2.96. The predicted molar refractivity (Wildman–Crippen MR) is 88.1 cm³/mol. The summed E-state index contributed by atoms with van der Waals surface area (Å²) in [4.78, 5) is 26.0. The van der Waals surface area contributed by atoms with Crippen molar-refractivity contribution in [2.24, 2.45) is 0 Å². The summed E-state index contributed by atoms with van der Waals surface area (Å²) in [6.45, 7) is 1.54. The zero-order chi connectivity index (χ0) is 16.1. The molecule has 0 unspecified atom stereocenters. The Bertz CT molecular complexity index is 644. The standard InChI is InChI=1S/C18H21N3O2/c22-17(14-19-18(23)15-6-2-1-3-7-15)21-12-8-16(9-13-21)20-10-4-5-11-20/h1-7,10-11,16H,8-9,12-14H2,(H,19,23). The first-order chi connectivity index (χ1) is 11.2. The average Bonchev–Trinajstić information content (AvgIpc) is 3.15. The van der Waals surface area contributed by atoms with E-state index in [1.165, 1.54) is 0 Å². The van der Waals surface area contributed by atoms with Crippen LogP contribution in [0.25, 0.3) is 0 Å². The van der Waals surface area contributed by atoms with Gasteiger partial charge < -0.3 is 14.8 Å². The molecule has 5 heteroatoms.